The van der Waals surface area contributed by atoms with E-state index in [4.69, 9.17) is 5.11 Å². The Bertz CT molecular complexity index is 344. The van der Waals surface area contributed by atoms with Crippen LogP contribution in [0.2, 0.25) is 0 Å². The molecular formula is C5H8N2O4S. The van der Waals surface area contributed by atoms with E-state index in [2.05, 4.69) is 0 Å². The molecule has 0 aromatic heterocycles. The molecule has 0 aliphatic carbocycles. The molecule has 1 heterocycles. The van der Waals surface area contributed by atoms with E-state index >= 15 is 0 Å². The molecule has 0 bridgehead atoms. The van der Waals surface area contributed by atoms with E-state index in [1.54, 1.807) is 0 Å². The highest BCUT2D eigenvalue weighted by Crippen LogP contribution is 2.21. The van der Waals surface area contributed by atoms with Gasteiger partial charge in [-0.05, 0) is 0 Å². The molecule has 1 saturated heterocycles. The van der Waals surface area contributed by atoms with E-state index in [9.17, 15) is 13.2 Å². The van der Waals surface area contributed by atoms with Crippen LogP contribution in [0, 0.1) is 0 Å². The smallest absolute Gasteiger partial charge is 0.328 e. The topological polar surface area (TPSA) is 77.9 Å². The predicted octanol–water partition coefficient (Wildman–Crippen LogP) is -0.966. The summed E-state index contributed by atoms with van der Waals surface area (Å²) in [6.07, 6.45) is 0.476. The van der Waals surface area contributed by atoms with Crippen molar-refractivity contribution in [1.82, 2.24) is 8.61 Å². The quantitative estimate of drug-likeness (QED) is 0.396. The van der Waals surface area contributed by atoms with E-state index in [1.807, 2.05) is 0 Å². The molecule has 6 nitrogen and oxygen atoms in total. The zero-order valence-electron chi connectivity index (χ0n) is 6.55. The van der Waals surface area contributed by atoms with Crippen LogP contribution >= 0.6 is 0 Å². The molecule has 1 amide bonds. The van der Waals surface area contributed by atoms with Crippen molar-refractivity contribution < 1.29 is 18.3 Å². The lowest BCUT2D eigenvalue weighted by Gasteiger charge is -2.09. The van der Waals surface area contributed by atoms with E-state index in [0.717, 1.165) is 11.4 Å². The Morgan fingerprint density at radius 2 is 1.83 bits per heavy atom. The second kappa shape index (κ2) is 2.37. The van der Waals surface area contributed by atoms with Crippen molar-refractivity contribution in [3.8, 4) is 0 Å². The zero-order valence-corrected chi connectivity index (χ0v) is 7.37. The van der Waals surface area contributed by atoms with Crippen LogP contribution < -0.4 is 0 Å². The fraction of sp³-hybridized carbons (Fsp3) is 0.400. The van der Waals surface area contributed by atoms with Crippen molar-refractivity contribution in [2.75, 3.05) is 14.1 Å². The number of nitrogens with zero attached hydrogens (tertiary/aromatic N) is 2. The first-order valence-electron chi connectivity index (χ1n) is 3.04. The van der Waals surface area contributed by atoms with Gasteiger partial charge in [-0.15, -0.1) is 0 Å². The highest BCUT2D eigenvalue weighted by molar-refractivity contribution is 7.88. The number of aliphatic hydroxyl groups is 1. The summed E-state index contributed by atoms with van der Waals surface area (Å²) < 4.78 is 23.6. The Morgan fingerprint density at radius 1 is 1.33 bits per heavy atom. The van der Waals surface area contributed by atoms with E-state index in [-0.39, 0.29) is 5.70 Å². The number of likely N-dealkylation sites (N-methyl/N-ethyl adjacent to an activating group) is 2. The van der Waals surface area contributed by atoms with Gasteiger partial charge in [0.2, 0.25) is 0 Å². The molecule has 68 valence electrons. The lowest BCUT2D eigenvalue weighted by molar-refractivity contribution is -0.121. The van der Waals surface area contributed by atoms with Gasteiger partial charge in [0.1, 0.15) is 6.26 Å². The molecule has 1 aliphatic rings. The van der Waals surface area contributed by atoms with Crippen LogP contribution in [-0.4, -0.2) is 42.1 Å². The van der Waals surface area contributed by atoms with E-state index < -0.39 is 16.1 Å². The third kappa shape index (κ3) is 0.860. The van der Waals surface area contributed by atoms with Gasteiger partial charge < -0.3 is 5.11 Å². The number of carbonyl (C=O) groups is 1. The standard InChI is InChI=1S/C5H8N2O4S/c1-6-4(3-8)5(9)7(2)12(6,10)11/h3,8H,1-2H3/b4-3+. The van der Waals surface area contributed by atoms with Gasteiger partial charge in [-0.1, -0.05) is 0 Å². The van der Waals surface area contributed by atoms with Gasteiger partial charge >= 0.3 is 10.2 Å². The summed E-state index contributed by atoms with van der Waals surface area (Å²) in [5, 5.41) is 8.54. The number of rotatable bonds is 0. The Kier molecular flexibility index (Phi) is 1.75. The highest BCUT2D eigenvalue weighted by Gasteiger charge is 2.41. The maximum absolute atomic E-state index is 11.2. The van der Waals surface area contributed by atoms with Crippen LogP contribution in [0.15, 0.2) is 12.0 Å². The number of hydrogen-bond acceptors (Lipinski definition) is 4. The normalized spacial score (nSPS) is 25.5. The lowest BCUT2D eigenvalue weighted by atomic mass is 10.4. The molecule has 0 aromatic carbocycles. The van der Waals surface area contributed by atoms with Crippen molar-refractivity contribution in [2.45, 2.75) is 0 Å². The molecule has 0 radical (unpaired) electrons. The number of aliphatic hydroxyl groups excluding tert-OH is 1. The largest absolute Gasteiger partial charge is 0.513 e. The van der Waals surface area contributed by atoms with Crippen molar-refractivity contribution in [3.05, 3.63) is 12.0 Å². The van der Waals surface area contributed by atoms with Gasteiger partial charge in [-0.25, -0.2) is 8.61 Å². The van der Waals surface area contributed by atoms with Crippen molar-refractivity contribution in [1.29, 1.82) is 0 Å². The SMILES string of the molecule is CN1C(=O)/C(=C\O)N(C)S1(=O)=O. The lowest BCUT2D eigenvalue weighted by Crippen LogP contribution is -2.28. The fourth-order valence-electron chi connectivity index (χ4n) is 0.845. The first kappa shape index (κ1) is 8.85. The Balaban J connectivity index is 3.30. The van der Waals surface area contributed by atoms with Crippen LogP contribution in [0.4, 0.5) is 0 Å². The van der Waals surface area contributed by atoms with Crippen LogP contribution in [-0.2, 0) is 15.0 Å². The molecule has 0 atom stereocenters. The second-order valence-corrected chi connectivity index (χ2v) is 4.25. The van der Waals surface area contributed by atoms with Gasteiger partial charge in [-0.2, -0.15) is 8.42 Å². The summed E-state index contributed by atoms with van der Waals surface area (Å²) in [4.78, 5) is 11.0. The second-order valence-electron chi connectivity index (χ2n) is 2.26. The molecule has 1 fully saturated rings. The monoisotopic (exact) mass is 192 g/mol. The van der Waals surface area contributed by atoms with Gasteiger partial charge in [0.15, 0.2) is 5.70 Å². The maximum Gasteiger partial charge on any atom is 0.328 e. The molecule has 7 heteroatoms. The highest BCUT2D eigenvalue weighted by atomic mass is 32.2. The van der Waals surface area contributed by atoms with Gasteiger partial charge in [0.25, 0.3) is 5.91 Å². The summed E-state index contributed by atoms with van der Waals surface area (Å²) >= 11 is 0. The summed E-state index contributed by atoms with van der Waals surface area (Å²) in [7, 11) is -1.40. The minimum absolute atomic E-state index is 0.252. The van der Waals surface area contributed by atoms with Gasteiger partial charge in [0.05, 0.1) is 0 Å². The molecule has 0 saturated carbocycles. The van der Waals surface area contributed by atoms with Crippen LogP contribution in [0.25, 0.3) is 0 Å². The predicted molar refractivity (Wildman–Crippen MR) is 40.2 cm³/mol. The average Bonchev–Trinajstić information content (AvgIpc) is 2.15. The van der Waals surface area contributed by atoms with Crippen molar-refractivity contribution in [3.63, 3.8) is 0 Å². The summed E-state index contributed by atoms with van der Waals surface area (Å²) in [5.74, 6) is -0.736. The van der Waals surface area contributed by atoms with Gasteiger partial charge in [-0.3, -0.25) is 4.79 Å². The molecule has 0 spiro atoms. The average molecular weight is 192 g/mol. The molecule has 1 rings (SSSR count). The Morgan fingerprint density at radius 3 is 2.00 bits per heavy atom. The summed E-state index contributed by atoms with van der Waals surface area (Å²) in [5.41, 5.74) is -0.252. The van der Waals surface area contributed by atoms with Gasteiger partial charge in [0, 0.05) is 14.1 Å². The Hall–Kier alpha value is -1.24. The first-order valence-corrected chi connectivity index (χ1v) is 4.44. The van der Waals surface area contributed by atoms with Crippen LogP contribution in [0.5, 0.6) is 0 Å². The minimum atomic E-state index is -3.73. The summed E-state index contributed by atoms with van der Waals surface area (Å²) in [6.45, 7) is 0. The zero-order chi connectivity index (χ0) is 9.52. The maximum atomic E-state index is 11.2. The third-order valence-electron chi connectivity index (χ3n) is 1.66. The van der Waals surface area contributed by atoms with E-state index in [1.165, 1.54) is 7.05 Å². The first-order chi connectivity index (χ1) is 5.42. The minimum Gasteiger partial charge on any atom is -0.513 e. The summed E-state index contributed by atoms with van der Waals surface area (Å²) in [6, 6.07) is 0. The number of amides is 1. The molecule has 12 heavy (non-hydrogen) atoms. The molecule has 1 aliphatic heterocycles. The fourth-order valence-corrected chi connectivity index (χ4v) is 1.89. The van der Waals surface area contributed by atoms with Crippen molar-refractivity contribution >= 4 is 16.1 Å². The molecule has 1 N–H and O–H groups in total. The van der Waals surface area contributed by atoms with E-state index in [0.29, 0.717) is 10.6 Å². The number of hydrogen-bond donors (Lipinski definition) is 1. The Labute approximate surface area is 69.9 Å². The molecular weight excluding hydrogens is 184 g/mol. The molecule has 0 aromatic rings. The van der Waals surface area contributed by atoms with Crippen LogP contribution in [0.3, 0.4) is 0 Å². The number of carbonyl (C=O) groups excluding carboxylic acids is 1. The van der Waals surface area contributed by atoms with Crippen molar-refractivity contribution in [2.24, 2.45) is 0 Å². The third-order valence-corrected chi connectivity index (χ3v) is 3.41. The van der Waals surface area contributed by atoms with Crippen LogP contribution in [0.1, 0.15) is 0 Å². The molecule has 0 unspecified atom stereocenters.